The molecule has 0 spiro atoms. The summed E-state index contributed by atoms with van der Waals surface area (Å²) in [5.74, 6) is 1.37. The second-order valence-corrected chi connectivity index (χ2v) is 4.91. The van der Waals surface area contributed by atoms with Crippen LogP contribution >= 0.6 is 11.6 Å². The number of nitrogens with zero attached hydrogens (tertiary/aromatic N) is 4. The highest BCUT2D eigenvalue weighted by molar-refractivity contribution is 6.33. The van der Waals surface area contributed by atoms with Crippen molar-refractivity contribution in [2.75, 3.05) is 0 Å². The van der Waals surface area contributed by atoms with Crippen molar-refractivity contribution in [2.24, 2.45) is 15.9 Å². The van der Waals surface area contributed by atoms with Gasteiger partial charge in [0.1, 0.15) is 17.2 Å². The molecule has 3 rings (SSSR count). The molecule has 23 heavy (non-hydrogen) atoms. The summed E-state index contributed by atoms with van der Waals surface area (Å²) in [6, 6.07) is 11.0. The van der Waals surface area contributed by atoms with Gasteiger partial charge in [0.05, 0.1) is 17.4 Å². The quantitative estimate of drug-likeness (QED) is 0.453. The highest BCUT2D eigenvalue weighted by Crippen LogP contribution is 2.28. The molecule has 0 aliphatic carbocycles. The molecule has 0 atom stereocenters. The lowest BCUT2D eigenvalue weighted by molar-refractivity contribution is 0.575. The van der Waals surface area contributed by atoms with E-state index in [4.69, 9.17) is 21.8 Å². The van der Waals surface area contributed by atoms with E-state index < -0.39 is 0 Å². The van der Waals surface area contributed by atoms with Gasteiger partial charge in [-0.15, -0.1) is 5.10 Å². The third-order valence-electron chi connectivity index (χ3n) is 2.94. The fraction of sp³-hybridized carbons (Fsp3) is 0. The maximum atomic E-state index is 6.14. The van der Waals surface area contributed by atoms with Gasteiger partial charge in [-0.3, -0.25) is 4.98 Å². The lowest BCUT2D eigenvalue weighted by atomic mass is 10.2. The number of halogens is 1. The number of rotatable bonds is 4. The van der Waals surface area contributed by atoms with Crippen LogP contribution in [0.1, 0.15) is 11.5 Å². The molecule has 3 aromatic rings. The largest absolute Gasteiger partial charge is 0.455 e. The Kier molecular flexibility index (Phi) is 4.44. The minimum absolute atomic E-state index is 0.173. The fourth-order valence-electron chi connectivity index (χ4n) is 1.86. The Morgan fingerprint density at radius 2 is 2.04 bits per heavy atom. The predicted molar refractivity (Wildman–Crippen MR) is 89.5 cm³/mol. The van der Waals surface area contributed by atoms with Gasteiger partial charge in [0.2, 0.25) is 0 Å². The third-order valence-corrected chi connectivity index (χ3v) is 3.27. The van der Waals surface area contributed by atoms with Gasteiger partial charge in [-0.25, -0.2) is 4.98 Å². The summed E-state index contributed by atoms with van der Waals surface area (Å²) >= 11 is 6.14. The van der Waals surface area contributed by atoms with Gasteiger partial charge in [-0.2, -0.15) is 5.10 Å². The van der Waals surface area contributed by atoms with Crippen molar-refractivity contribution in [3.05, 3.63) is 71.5 Å². The van der Waals surface area contributed by atoms with Gasteiger partial charge >= 0.3 is 0 Å². The van der Waals surface area contributed by atoms with Crippen molar-refractivity contribution in [3.8, 4) is 11.3 Å². The maximum Gasteiger partial charge on any atom is 0.173 e. The zero-order chi connectivity index (χ0) is 16.1. The molecule has 0 bridgehead atoms. The van der Waals surface area contributed by atoms with Crippen LogP contribution in [0.5, 0.6) is 0 Å². The third kappa shape index (κ3) is 3.61. The number of furan rings is 1. The molecule has 114 valence electrons. The number of hydrogen-bond acceptors (Lipinski definition) is 5. The van der Waals surface area contributed by atoms with Crippen LogP contribution in [-0.2, 0) is 0 Å². The Balaban J connectivity index is 1.76. The first-order chi connectivity index (χ1) is 11.2. The van der Waals surface area contributed by atoms with E-state index in [9.17, 15) is 0 Å². The molecule has 0 unspecified atom stereocenters. The Labute approximate surface area is 137 Å². The highest BCUT2D eigenvalue weighted by Gasteiger charge is 2.06. The van der Waals surface area contributed by atoms with Crippen LogP contribution in [0.3, 0.4) is 0 Å². The van der Waals surface area contributed by atoms with Crippen LogP contribution in [-0.4, -0.2) is 22.0 Å². The van der Waals surface area contributed by atoms with E-state index in [0.717, 1.165) is 5.56 Å². The predicted octanol–water partition coefficient (Wildman–Crippen LogP) is 3.13. The molecule has 1 aromatic carbocycles. The summed E-state index contributed by atoms with van der Waals surface area (Å²) in [4.78, 5) is 7.94. The summed E-state index contributed by atoms with van der Waals surface area (Å²) < 4.78 is 5.67. The summed E-state index contributed by atoms with van der Waals surface area (Å²) in [7, 11) is 0. The van der Waals surface area contributed by atoms with Crippen molar-refractivity contribution >= 4 is 23.7 Å². The molecule has 2 N–H and O–H groups in total. The Morgan fingerprint density at radius 3 is 2.83 bits per heavy atom. The number of hydrogen-bond donors (Lipinski definition) is 1. The number of benzene rings is 1. The van der Waals surface area contributed by atoms with Gasteiger partial charge in [0.15, 0.2) is 5.84 Å². The van der Waals surface area contributed by atoms with Crippen LogP contribution in [0.15, 0.2) is 69.6 Å². The lowest BCUT2D eigenvalue weighted by Gasteiger charge is -1.98. The molecule has 2 aromatic heterocycles. The Bertz CT molecular complexity index is 858. The molecule has 0 saturated heterocycles. The lowest BCUT2D eigenvalue weighted by Crippen LogP contribution is -2.14. The topological polar surface area (TPSA) is 89.7 Å². The first kappa shape index (κ1) is 14.9. The number of aromatic nitrogens is 2. The molecule has 0 fully saturated rings. The zero-order valence-electron chi connectivity index (χ0n) is 11.9. The minimum Gasteiger partial charge on any atom is -0.455 e. The summed E-state index contributed by atoms with van der Waals surface area (Å²) in [6.45, 7) is 0. The summed E-state index contributed by atoms with van der Waals surface area (Å²) in [5.41, 5.74) is 7.04. The molecule has 0 amide bonds. The average Bonchev–Trinajstić information content (AvgIpc) is 3.04. The zero-order valence-corrected chi connectivity index (χ0v) is 12.7. The van der Waals surface area contributed by atoms with Crippen LogP contribution in [0.25, 0.3) is 11.3 Å². The van der Waals surface area contributed by atoms with E-state index >= 15 is 0 Å². The molecular formula is C16H12ClN5O. The van der Waals surface area contributed by atoms with Crippen molar-refractivity contribution < 1.29 is 4.42 Å². The van der Waals surface area contributed by atoms with E-state index in [2.05, 4.69) is 20.2 Å². The van der Waals surface area contributed by atoms with Crippen molar-refractivity contribution in [3.63, 3.8) is 0 Å². The van der Waals surface area contributed by atoms with Crippen molar-refractivity contribution in [1.29, 1.82) is 0 Å². The standard InChI is InChI=1S/C16H12ClN5O/c17-13-4-2-1-3-12(13)15-6-5-11(23-15)9-21-22-16(18)14-10-19-7-8-20-14/h1-10H,(H2,18,22). The van der Waals surface area contributed by atoms with Gasteiger partial charge in [-0.1, -0.05) is 23.7 Å². The minimum atomic E-state index is 0.173. The summed E-state index contributed by atoms with van der Waals surface area (Å²) in [6.07, 6.45) is 6.06. The van der Waals surface area contributed by atoms with Crippen LogP contribution in [0.4, 0.5) is 0 Å². The van der Waals surface area contributed by atoms with Gasteiger partial charge in [-0.05, 0) is 24.3 Å². The van der Waals surface area contributed by atoms with Crippen LogP contribution in [0.2, 0.25) is 5.02 Å². The second kappa shape index (κ2) is 6.85. The average molecular weight is 326 g/mol. The number of amidine groups is 1. The van der Waals surface area contributed by atoms with E-state index in [1.807, 2.05) is 24.3 Å². The van der Waals surface area contributed by atoms with E-state index in [0.29, 0.717) is 22.2 Å². The molecule has 2 heterocycles. The SMILES string of the molecule is NC(=NN=Cc1ccc(-c2ccccc2Cl)o1)c1cnccn1. The molecule has 0 radical (unpaired) electrons. The second-order valence-electron chi connectivity index (χ2n) is 4.50. The Morgan fingerprint density at radius 1 is 1.17 bits per heavy atom. The first-order valence-corrected chi connectivity index (χ1v) is 7.09. The monoisotopic (exact) mass is 325 g/mol. The van der Waals surface area contributed by atoms with Crippen LogP contribution in [0, 0.1) is 0 Å². The normalized spacial score (nSPS) is 12.0. The van der Waals surface area contributed by atoms with Crippen LogP contribution < -0.4 is 5.73 Å². The maximum absolute atomic E-state index is 6.14. The van der Waals surface area contributed by atoms with E-state index in [-0.39, 0.29) is 5.84 Å². The van der Waals surface area contributed by atoms with Crippen molar-refractivity contribution in [1.82, 2.24) is 9.97 Å². The smallest absolute Gasteiger partial charge is 0.173 e. The van der Waals surface area contributed by atoms with Crippen molar-refractivity contribution in [2.45, 2.75) is 0 Å². The van der Waals surface area contributed by atoms with E-state index in [1.54, 1.807) is 18.3 Å². The van der Waals surface area contributed by atoms with Gasteiger partial charge in [0.25, 0.3) is 0 Å². The van der Waals surface area contributed by atoms with E-state index in [1.165, 1.54) is 18.6 Å². The highest BCUT2D eigenvalue weighted by atomic mass is 35.5. The first-order valence-electron chi connectivity index (χ1n) is 6.71. The summed E-state index contributed by atoms with van der Waals surface area (Å²) in [5, 5.41) is 8.38. The molecule has 0 aliphatic heterocycles. The molecule has 6 nitrogen and oxygen atoms in total. The molecule has 0 aliphatic rings. The number of nitrogens with two attached hydrogens (primary N) is 1. The fourth-order valence-corrected chi connectivity index (χ4v) is 2.09. The van der Waals surface area contributed by atoms with Gasteiger partial charge in [0, 0.05) is 18.0 Å². The molecular weight excluding hydrogens is 314 g/mol. The van der Waals surface area contributed by atoms with Gasteiger partial charge < -0.3 is 10.2 Å². The molecule has 7 heteroatoms. The Hall–Kier alpha value is -2.99. The molecule has 0 saturated carbocycles.